The second-order valence-electron chi connectivity index (χ2n) is 6.95. The molecule has 2 aliphatic heterocycles. The fourth-order valence-electron chi connectivity index (χ4n) is 3.63. The lowest BCUT2D eigenvalue weighted by atomic mass is 10.1. The number of nitrogens with zero attached hydrogens (tertiary/aromatic N) is 2. The maximum Gasteiger partial charge on any atom is 0.238 e. The number of fused-ring (bicyclic) bond motifs is 1. The number of hydrogen-bond donors (Lipinski definition) is 1. The van der Waals surface area contributed by atoms with E-state index in [1.54, 1.807) is 0 Å². The molecule has 2 aromatic rings. The van der Waals surface area contributed by atoms with Gasteiger partial charge in [-0.05, 0) is 30.7 Å². The Labute approximate surface area is 163 Å². The first-order valence-corrected chi connectivity index (χ1v) is 10.1. The lowest BCUT2D eigenvalue weighted by Crippen LogP contribution is -2.50. The van der Waals surface area contributed by atoms with Crippen LogP contribution in [0.1, 0.15) is 12.0 Å². The maximum atomic E-state index is 12.7. The molecule has 1 atom stereocenters. The van der Waals surface area contributed by atoms with E-state index in [9.17, 15) is 9.59 Å². The van der Waals surface area contributed by atoms with Crippen LogP contribution in [0.3, 0.4) is 0 Å². The molecule has 1 N–H and O–H groups in total. The summed E-state index contributed by atoms with van der Waals surface area (Å²) in [5.41, 5.74) is 3.33. The van der Waals surface area contributed by atoms with E-state index in [0.29, 0.717) is 13.1 Å². The van der Waals surface area contributed by atoms with E-state index in [4.69, 9.17) is 0 Å². The Balaban J connectivity index is 1.35. The molecule has 2 aromatic carbocycles. The summed E-state index contributed by atoms with van der Waals surface area (Å²) in [4.78, 5) is 30.3. The van der Waals surface area contributed by atoms with Gasteiger partial charge in [-0.15, -0.1) is 11.8 Å². The van der Waals surface area contributed by atoms with Crippen LogP contribution < -0.4 is 10.2 Å². The number of carbonyl (C=O) groups is 2. The number of hydrogen-bond acceptors (Lipinski definition) is 4. The Morgan fingerprint density at radius 1 is 1.07 bits per heavy atom. The minimum Gasteiger partial charge on any atom is -0.368 e. The summed E-state index contributed by atoms with van der Waals surface area (Å²) in [6, 6.07) is 16.1. The SMILES string of the molecule is Cc1ccccc1N1CCN(C(=O)C[C@H]2Sc3ccccc3NC2=O)CC1. The normalized spacial score (nSPS) is 19.4. The highest BCUT2D eigenvalue weighted by atomic mass is 32.2. The molecule has 1 saturated heterocycles. The summed E-state index contributed by atoms with van der Waals surface area (Å²) in [5, 5.41) is 2.55. The van der Waals surface area contributed by atoms with Crippen molar-refractivity contribution in [2.24, 2.45) is 0 Å². The van der Waals surface area contributed by atoms with Gasteiger partial charge in [-0.2, -0.15) is 0 Å². The summed E-state index contributed by atoms with van der Waals surface area (Å²) >= 11 is 1.49. The van der Waals surface area contributed by atoms with E-state index < -0.39 is 0 Å². The van der Waals surface area contributed by atoms with Crippen molar-refractivity contribution < 1.29 is 9.59 Å². The standard InChI is InChI=1S/C21H23N3O2S/c1-15-6-2-4-8-17(15)23-10-12-24(13-11-23)20(25)14-19-21(26)22-16-7-3-5-9-18(16)27-19/h2-9,19H,10-14H2,1H3,(H,22,26)/t19-/m1/s1. The second-order valence-corrected chi connectivity index (χ2v) is 8.19. The van der Waals surface area contributed by atoms with Gasteiger partial charge < -0.3 is 15.1 Å². The topological polar surface area (TPSA) is 52.6 Å². The lowest BCUT2D eigenvalue weighted by molar-refractivity contribution is -0.132. The van der Waals surface area contributed by atoms with Crippen molar-refractivity contribution in [3.63, 3.8) is 0 Å². The third-order valence-electron chi connectivity index (χ3n) is 5.16. The van der Waals surface area contributed by atoms with Crippen LogP contribution in [0.5, 0.6) is 0 Å². The van der Waals surface area contributed by atoms with Crippen LogP contribution in [-0.2, 0) is 9.59 Å². The molecule has 0 spiro atoms. The summed E-state index contributed by atoms with van der Waals surface area (Å²) in [7, 11) is 0. The number of rotatable bonds is 3. The molecular weight excluding hydrogens is 358 g/mol. The molecule has 2 aliphatic rings. The van der Waals surface area contributed by atoms with Gasteiger partial charge in [0.05, 0.1) is 10.9 Å². The van der Waals surface area contributed by atoms with Gasteiger partial charge in [0.2, 0.25) is 11.8 Å². The molecule has 5 nitrogen and oxygen atoms in total. The number of aryl methyl sites for hydroxylation is 1. The quantitative estimate of drug-likeness (QED) is 0.887. The number of para-hydroxylation sites is 2. The second kappa shape index (κ2) is 7.64. The Kier molecular flexibility index (Phi) is 5.07. The number of piperazine rings is 1. The molecule has 140 valence electrons. The number of anilines is 2. The molecule has 0 saturated carbocycles. The van der Waals surface area contributed by atoms with Gasteiger partial charge in [-0.1, -0.05) is 30.3 Å². The zero-order valence-corrected chi connectivity index (χ0v) is 16.2. The highest BCUT2D eigenvalue weighted by Gasteiger charge is 2.31. The average molecular weight is 382 g/mol. The van der Waals surface area contributed by atoms with Gasteiger partial charge in [0.15, 0.2) is 0 Å². The Morgan fingerprint density at radius 3 is 2.56 bits per heavy atom. The van der Waals surface area contributed by atoms with E-state index in [-0.39, 0.29) is 23.5 Å². The predicted octanol–water partition coefficient (Wildman–Crippen LogP) is 3.15. The molecule has 0 aromatic heterocycles. The maximum absolute atomic E-state index is 12.7. The molecule has 4 rings (SSSR count). The largest absolute Gasteiger partial charge is 0.368 e. The zero-order chi connectivity index (χ0) is 18.8. The van der Waals surface area contributed by atoms with Crippen molar-refractivity contribution in [3.05, 3.63) is 54.1 Å². The highest BCUT2D eigenvalue weighted by Crippen LogP contribution is 2.36. The molecule has 2 amide bonds. The molecule has 27 heavy (non-hydrogen) atoms. The average Bonchev–Trinajstić information content (AvgIpc) is 2.69. The third kappa shape index (κ3) is 3.81. The Hall–Kier alpha value is -2.47. The van der Waals surface area contributed by atoms with Crippen molar-refractivity contribution in [3.8, 4) is 0 Å². The fraction of sp³-hybridized carbons (Fsp3) is 0.333. The zero-order valence-electron chi connectivity index (χ0n) is 15.4. The van der Waals surface area contributed by atoms with Crippen molar-refractivity contribution in [1.29, 1.82) is 0 Å². The van der Waals surface area contributed by atoms with Gasteiger partial charge in [0.1, 0.15) is 0 Å². The minimum atomic E-state index is -0.359. The number of amides is 2. The van der Waals surface area contributed by atoms with E-state index >= 15 is 0 Å². The van der Waals surface area contributed by atoms with Crippen LogP contribution in [0.4, 0.5) is 11.4 Å². The van der Waals surface area contributed by atoms with Crippen molar-refractivity contribution in [2.75, 3.05) is 36.4 Å². The summed E-state index contributed by atoms with van der Waals surface area (Å²) < 4.78 is 0. The van der Waals surface area contributed by atoms with E-state index in [1.807, 2.05) is 35.2 Å². The van der Waals surface area contributed by atoms with Crippen LogP contribution in [-0.4, -0.2) is 48.1 Å². The lowest BCUT2D eigenvalue weighted by Gasteiger charge is -2.37. The predicted molar refractivity (Wildman–Crippen MR) is 109 cm³/mol. The number of thioether (sulfide) groups is 1. The van der Waals surface area contributed by atoms with Crippen molar-refractivity contribution in [1.82, 2.24) is 4.90 Å². The molecule has 0 aliphatic carbocycles. The molecular formula is C21H23N3O2S. The van der Waals surface area contributed by atoms with Crippen LogP contribution in [0.2, 0.25) is 0 Å². The number of nitrogens with one attached hydrogen (secondary N) is 1. The van der Waals surface area contributed by atoms with Crippen LogP contribution in [0.15, 0.2) is 53.4 Å². The van der Waals surface area contributed by atoms with E-state index in [1.165, 1.54) is 23.0 Å². The smallest absolute Gasteiger partial charge is 0.238 e. The van der Waals surface area contributed by atoms with E-state index in [0.717, 1.165) is 23.7 Å². The fourth-order valence-corrected chi connectivity index (χ4v) is 4.73. The molecule has 2 heterocycles. The molecule has 0 radical (unpaired) electrons. The first-order chi connectivity index (χ1) is 13.1. The van der Waals surface area contributed by atoms with Gasteiger partial charge in [-0.25, -0.2) is 0 Å². The van der Waals surface area contributed by atoms with Crippen molar-refractivity contribution in [2.45, 2.75) is 23.5 Å². The highest BCUT2D eigenvalue weighted by molar-refractivity contribution is 8.01. The number of carbonyl (C=O) groups excluding carboxylic acids is 2. The van der Waals surface area contributed by atoms with Crippen LogP contribution in [0, 0.1) is 6.92 Å². The van der Waals surface area contributed by atoms with Crippen LogP contribution >= 0.6 is 11.8 Å². The van der Waals surface area contributed by atoms with Gasteiger partial charge >= 0.3 is 0 Å². The Bertz CT molecular complexity index is 862. The van der Waals surface area contributed by atoms with E-state index in [2.05, 4.69) is 35.3 Å². The van der Waals surface area contributed by atoms with Gasteiger partial charge in [-0.3, -0.25) is 9.59 Å². The molecule has 0 bridgehead atoms. The summed E-state index contributed by atoms with van der Waals surface area (Å²) in [5.74, 6) is -0.0166. The van der Waals surface area contributed by atoms with Crippen molar-refractivity contribution >= 4 is 35.0 Å². The third-order valence-corrected chi connectivity index (χ3v) is 6.43. The monoisotopic (exact) mass is 381 g/mol. The Morgan fingerprint density at radius 2 is 1.78 bits per heavy atom. The van der Waals surface area contributed by atoms with Crippen LogP contribution in [0.25, 0.3) is 0 Å². The van der Waals surface area contributed by atoms with Gasteiger partial charge in [0.25, 0.3) is 0 Å². The first kappa shape index (κ1) is 17.9. The summed E-state index contributed by atoms with van der Waals surface area (Å²) in [6.07, 6.45) is 0.245. The number of benzene rings is 2. The van der Waals surface area contributed by atoms with Gasteiger partial charge in [0, 0.05) is 43.2 Å². The molecule has 6 heteroatoms. The molecule has 1 fully saturated rings. The first-order valence-electron chi connectivity index (χ1n) is 9.27. The summed E-state index contributed by atoms with van der Waals surface area (Å²) in [6.45, 7) is 5.15. The minimum absolute atomic E-state index is 0.0615. The molecule has 0 unspecified atom stereocenters.